The molecule has 0 radical (unpaired) electrons. The number of nitrogens with zero attached hydrogens (tertiary/aromatic N) is 3. The van der Waals surface area contributed by atoms with Crippen LogP contribution < -0.4 is 15.0 Å². The maximum Gasteiger partial charge on any atom is 0.293 e. The Balaban J connectivity index is 1.57. The fourth-order valence-electron chi connectivity index (χ4n) is 4.21. The average molecular weight is 630 g/mol. The number of imide groups is 1. The van der Waals surface area contributed by atoms with Crippen molar-refractivity contribution in [1.29, 1.82) is 0 Å². The third-order valence-corrected chi connectivity index (χ3v) is 7.98. The van der Waals surface area contributed by atoms with Crippen LogP contribution in [0.2, 0.25) is 10.0 Å². The number of non-ortho nitro benzene ring substituents is 1. The number of rotatable bonds is 11. The van der Waals surface area contributed by atoms with E-state index >= 15 is 0 Å². The first kappa shape index (κ1) is 30.9. The van der Waals surface area contributed by atoms with Gasteiger partial charge in [-0.3, -0.25) is 29.4 Å². The zero-order chi connectivity index (χ0) is 30.4. The maximum absolute atomic E-state index is 13.2. The van der Waals surface area contributed by atoms with Crippen LogP contribution in [0.3, 0.4) is 0 Å². The molecule has 0 unspecified atom stereocenters. The Hall–Kier alpha value is -4.06. The van der Waals surface area contributed by atoms with Gasteiger partial charge in [-0.2, -0.15) is 0 Å². The van der Waals surface area contributed by atoms with Crippen LogP contribution >= 0.6 is 35.0 Å². The number of anilines is 2. The first-order valence-electron chi connectivity index (χ1n) is 12.9. The van der Waals surface area contributed by atoms with Crippen molar-refractivity contribution in [1.82, 2.24) is 4.90 Å². The highest BCUT2D eigenvalue weighted by molar-refractivity contribution is 8.18. The molecule has 42 heavy (non-hydrogen) atoms. The lowest BCUT2D eigenvalue weighted by Gasteiger charge is -2.22. The number of nitrogens with one attached hydrogen (secondary N) is 1. The third-order valence-electron chi connectivity index (χ3n) is 6.36. The first-order chi connectivity index (χ1) is 20.1. The van der Waals surface area contributed by atoms with Crippen molar-refractivity contribution in [2.24, 2.45) is 0 Å². The van der Waals surface area contributed by atoms with Gasteiger partial charge in [0, 0.05) is 63.8 Å². The molecule has 0 aliphatic carbocycles. The summed E-state index contributed by atoms with van der Waals surface area (Å²) in [7, 11) is 0. The molecule has 0 aromatic heterocycles. The first-order valence-corrected chi connectivity index (χ1v) is 14.4. The predicted octanol–water partition coefficient (Wildman–Crippen LogP) is 7.00. The molecule has 1 N–H and O–H groups in total. The van der Waals surface area contributed by atoms with Crippen molar-refractivity contribution in [3.05, 3.63) is 96.9 Å². The fourth-order valence-corrected chi connectivity index (χ4v) is 5.56. The van der Waals surface area contributed by atoms with E-state index in [1.54, 1.807) is 36.4 Å². The Morgan fingerprint density at radius 3 is 2.43 bits per heavy atom. The monoisotopic (exact) mass is 628 g/mol. The van der Waals surface area contributed by atoms with E-state index in [-0.39, 0.29) is 22.8 Å². The van der Waals surface area contributed by atoms with Crippen LogP contribution in [-0.2, 0) is 16.1 Å². The number of hydrogen-bond donors (Lipinski definition) is 1. The van der Waals surface area contributed by atoms with E-state index in [4.69, 9.17) is 27.9 Å². The van der Waals surface area contributed by atoms with E-state index in [0.717, 1.165) is 35.4 Å². The highest BCUT2D eigenvalue weighted by Crippen LogP contribution is 2.37. The van der Waals surface area contributed by atoms with Crippen LogP contribution in [0.15, 0.2) is 65.6 Å². The van der Waals surface area contributed by atoms with E-state index in [9.17, 15) is 24.5 Å². The normalized spacial score (nSPS) is 13.9. The van der Waals surface area contributed by atoms with Gasteiger partial charge in [-0.05, 0) is 62.0 Å². The van der Waals surface area contributed by atoms with Crippen LogP contribution in [0, 0.1) is 10.1 Å². The molecule has 1 fully saturated rings. The second kappa shape index (κ2) is 13.7. The summed E-state index contributed by atoms with van der Waals surface area (Å²) < 4.78 is 5.88. The Kier molecular flexibility index (Phi) is 10.1. The number of halogens is 2. The molecular weight excluding hydrogens is 603 g/mol. The van der Waals surface area contributed by atoms with Gasteiger partial charge < -0.3 is 15.0 Å². The summed E-state index contributed by atoms with van der Waals surface area (Å²) in [4.78, 5) is 52.5. The fraction of sp³-hybridized carbons (Fsp3) is 0.207. The molecule has 4 rings (SSSR count). The number of carbonyl (C=O) groups excluding carboxylic acids is 3. The molecule has 1 aliphatic heterocycles. The Bertz CT molecular complexity index is 1560. The second-order valence-electron chi connectivity index (χ2n) is 9.01. The number of benzene rings is 3. The summed E-state index contributed by atoms with van der Waals surface area (Å²) in [5.41, 5.74) is 1.88. The number of nitro benzene ring substituents is 1. The van der Waals surface area contributed by atoms with Gasteiger partial charge in [0.1, 0.15) is 5.75 Å². The summed E-state index contributed by atoms with van der Waals surface area (Å²) in [6, 6.07) is 15.9. The highest BCUT2D eigenvalue weighted by Gasteiger charge is 2.36. The molecule has 10 nitrogen and oxygen atoms in total. The molecule has 13 heteroatoms. The van der Waals surface area contributed by atoms with Crippen molar-refractivity contribution >= 4 is 75.2 Å². The third kappa shape index (κ3) is 7.22. The Labute approximate surface area is 256 Å². The number of hydrogen-bond acceptors (Lipinski definition) is 8. The molecule has 1 aliphatic rings. The summed E-state index contributed by atoms with van der Waals surface area (Å²) in [6.07, 6.45) is 1.54. The Morgan fingerprint density at radius 1 is 1.07 bits per heavy atom. The topological polar surface area (TPSA) is 122 Å². The van der Waals surface area contributed by atoms with Gasteiger partial charge in [-0.15, -0.1) is 0 Å². The van der Waals surface area contributed by atoms with Crippen molar-refractivity contribution in [2.45, 2.75) is 20.4 Å². The smallest absolute Gasteiger partial charge is 0.293 e. The van der Waals surface area contributed by atoms with Crippen LogP contribution in [0.4, 0.5) is 21.9 Å². The minimum atomic E-state index is -0.554. The summed E-state index contributed by atoms with van der Waals surface area (Å²) in [6.45, 7) is 4.98. The number of nitro groups is 1. The van der Waals surface area contributed by atoms with Crippen LogP contribution in [0.5, 0.6) is 5.75 Å². The van der Waals surface area contributed by atoms with Gasteiger partial charge in [-0.1, -0.05) is 35.3 Å². The van der Waals surface area contributed by atoms with E-state index in [0.29, 0.717) is 26.9 Å². The molecule has 3 aromatic carbocycles. The summed E-state index contributed by atoms with van der Waals surface area (Å²) >= 11 is 13.3. The van der Waals surface area contributed by atoms with E-state index in [1.807, 2.05) is 19.9 Å². The van der Waals surface area contributed by atoms with Gasteiger partial charge in [0.05, 0.1) is 16.4 Å². The molecule has 1 heterocycles. The SMILES string of the molecule is CCN(CC)c1ccc(/C=C2/SC(=O)N(Cc3c(Cl)cccc3Cl)C2=O)c(OCC(=O)Nc2cccc([N+](=O)[O-])c2)c1. The molecule has 0 saturated carbocycles. The van der Waals surface area contributed by atoms with Crippen LogP contribution in [-0.4, -0.2) is 46.6 Å². The molecule has 1 saturated heterocycles. The lowest BCUT2D eigenvalue weighted by molar-refractivity contribution is -0.384. The highest BCUT2D eigenvalue weighted by atomic mass is 35.5. The van der Waals surface area contributed by atoms with Crippen molar-refractivity contribution in [3.8, 4) is 5.75 Å². The van der Waals surface area contributed by atoms with Crippen LogP contribution in [0.1, 0.15) is 25.0 Å². The number of carbonyl (C=O) groups is 3. The van der Waals surface area contributed by atoms with E-state index in [2.05, 4.69) is 10.2 Å². The van der Waals surface area contributed by atoms with Crippen molar-refractivity contribution < 1.29 is 24.0 Å². The molecule has 3 amide bonds. The molecule has 0 atom stereocenters. The number of ether oxygens (including phenoxy) is 1. The maximum atomic E-state index is 13.2. The van der Waals surface area contributed by atoms with Gasteiger partial charge in [-0.25, -0.2) is 0 Å². The lowest BCUT2D eigenvalue weighted by Crippen LogP contribution is -2.27. The standard InChI is InChI=1S/C29H26Cl2N4O6S/c1-3-33(4-2)20-12-11-18(25(15-20)41-17-27(36)32-19-7-5-8-21(14-19)35(39)40)13-26-28(37)34(29(38)42-26)16-22-23(30)9-6-10-24(22)31/h5-15H,3-4,16-17H2,1-2H3,(H,32,36)/b26-13+. The van der Waals surface area contributed by atoms with Crippen LogP contribution in [0.25, 0.3) is 6.08 Å². The second-order valence-corrected chi connectivity index (χ2v) is 10.8. The lowest BCUT2D eigenvalue weighted by atomic mass is 10.1. The van der Waals surface area contributed by atoms with E-state index < -0.39 is 28.6 Å². The largest absolute Gasteiger partial charge is 0.483 e. The zero-order valence-electron chi connectivity index (χ0n) is 22.6. The van der Waals surface area contributed by atoms with E-state index in [1.165, 1.54) is 24.3 Å². The molecule has 0 spiro atoms. The summed E-state index contributed by atoms with van der Waals surface area (Å²) in [5, 5.41) is 13.8. The van der Waals surface area contributed by atoms with Gasteiger partial charge in [0.25, 0.3) is 22.7 Å². The molecule has 3 aromatic rings. The quantitative estimate of drug-likeness (QED) is 0.137. The van der Waals surface area contributed by atoms with Gasteiger partial charge in [0.2, 0.25) is 0 Å². The number of thioether (sulfide) groups is 1. The Morgan fingerprint density at radius 2 is 1.76 bits per heavy atom. The molecular formula is C29H26Cl2N4O6S. The predicted molar refractivity (Wildman–Crippen MR) is 165 cm³/mol. The zero-order valence-corrected chi connectivity index (χ0v) is 25.0. The van der Waals surface area contributed by atoms with Gasteiger partial charge in [0.15, 0.2) is 6.61 Å². The van der Waals surface area contributed by atoms with Crippen molar-refractivity contribution in [2.75, 3.05) is 29.9 Å². The average Bonchev–Trinajstić information content (AvgIpc) is 3.22. The molecule has 0 bridgehead atoms. The summed E-state index contributed by atoms with van der Waals surface area (Å²) in [5.74, 6) is -0.732. The minimum Gasteiger partial charge on any atom is -0.483 e. The van der Waals surface area contributed by atoms with Gasteiger partial charge >= 0.3 is 0 Å². The molecule has 218 valence electrons. The van der Waals surface area contributed by atoms with Crippen molar-refractivity contribution in [3.63, 3.8) is 0 Å². The minimum absolute atomic E-state index is 0.0808. The number of amides is 3.